The van der Waals surface area contributed by atoms with Crippen molar-refractivity contribution in [3.8, 4) is 0 Å². The molecular weight excluding hydrogens is 365 g/mol. The molecule has 7 nitrogen and oxygen atoms in total. The molecule has 0 radical (unpaired) electrons. The van der Waals surface area contributed by atoms with Gasteiger partial charge in [-0.05, 0) is 18.2 Å². The molecular formula is C14H19ClFNO6S. The molecule has 0 bridgehead atoms. The summed E-state index contributed by atoms with van der Waals surface area (Å²) in [6.45, 7) is -0.325. The number of benzene rings is 1. The lowest BCUT2D eigenvalue weighted by Gasteiger charge is -2.25. The van der Waals surface area contributed by atoms with Crippen LogP contribution in [0.5, 0.6) is 0 Å². The highest BCUT2D eigenvalue weighted by Crippen LogP contribution is 2.23. The van der Waals surface area contributed by atoms with Crippen LogP contribution in [0.1, 0.15) is 6.42 Å². The molecule has 0 aliphatic rings. The van der Waals surface area contributed by atoms with Crippen molar-refractivity contribution in [2.45, 2.75) is 17.6 Å². The quantitative estimate of drug-likeness (QED) is 0.476. The lowest BCUT2D eigenvalue weighted by molar-refractivity contribution is -0.141. The van der Waals surface area contributed by atoms with Crippen molar-refractivity contribution < 1.29 is 31.8 Å². The molecule has 0 aliphatic heterocycles. The summed E-state index contributed by atoms with van der Waals surface area (Å²) in [5.41, 5.74) is 0. The van der Waals surface area contributed by atoms with E-state index in [9.17, 15) is 17.6 Å². The van der Waals surface area contributed by atoms with Gasteiger partial charge in [-0.25, -0.2) is 12.8 Å². The van der Waals surface area contributed by atoms with E-state index in [1.807, 2.05) is 0 Å². The third kappa shape index (κ3) is 5.38. The number of sulfonamides is 1. The Morgan fingerprint density at radius 2 is 1.92 bits per heavy atom. The van der Waals surface area contributed by atoms with Gasteiger partial charge in [-0.15, -0.1) is 0 Å². The molecule has 0 aromatic heterocycles. The van der Waals surface area contributed by atoms with Crippen LogP contribution in [0, 0.1) is 5.82 Å². The lowest BCUT2D eigenvalue weighted by atomic mass is 10.3. The minimum absolute atomic E-state index is 0.160. The summed E-state index contributed by atoms with van der Waals surface area (Å²) in [7, 11) is -0.132. The van der Waals surface area contributed by atoms with Crippen molar-refractivity contribution in [2.75, 3.05) is 34.4 Å². The second-order valence-corrected chi connectivity index (χ2v) is 7.01. The molecule has 0 saturated carbocycles. The number of carbonyl (C=O) groups is 1. The maximum Gasteiger partial charge on any atom is 0.306 e. The van der Waals surface area contributed by atoms with Gasteiger partial charge in [-0.1, -0.05) is 11.6 Å². The summed E-state index contributed by atoms with van der Waals surface area (Å²) >= 11 is 5.65. The Balaban J connectivity index is 3.13. The zero-order valence-electron chi connectivity index (χ0n) is 13.5. The van der Waals surface area contributed by atoms with E-state index in [1.54, 1.807) is 0 Å². The minimum atomic E-state index is -4.05. The standard InChI is InChI=1S/C14H19ClFNO6S/c1-21-13(18)6-7-17(9-14(22-2)23-3)24(19,20)10-4-5-12(16)11(15)8-10/h4-5,8,14H,6-7,9H2,1-3H3. The molecule has 0 atom stereocenters. The number of halogens is 2. The van der Waals surface area contributed by atoms with Gasteiger partial charge in [0, 0.05) is 20.8 Å². The lowest BCUT2D eigenvalue weighted by Crippen LogP contribution is -2.40. The fraction of sp³-hybridized carbons (Fsp3) is 0.500. The van der Waals surface area contributed by atoms with Gasteiger partial charge in [0.25, 0.3) is 0 Å². The summed E-state index contributed by atoms with van der Waals surface area (Å²) < 4.78 is 54.3. The molecule has 0 spiro atoms. The van der Waals surface area contributed by atoms with Crippen LogP contribution in [0.3, 0.4) is 0 Å². The van der Waals surface area contributed by atoms with Crippen LogP contribution in [0.2, 0.25) is 5.02 Å². The SMILES string of the molecule is COC(=O)CCN(CC(OC)OC)S(=O)(=O)c1ccc(F)c(Cl)c1. The molecule has 24 heavy (non-hydrogen) atoms. The summed E-state index contributed by atoms with van der Waals surface area (Å²) in [6.07, 6.45) is -1.00. The van der Waals surface area contributed by atoms with Crippen LogP contribution in [0.25, 0.3) is 0 Å². The molecule has 0 saturated heterocycles. The van der Waals surface area contributed by atoms with Gasteiger partial charge in [-0.2, -0.15) is 4.31 Å². The highest BCUT2D eigenvalue weighted by molar-refractivity contribution is 7.89. The van der Waals surface area contributed by atoms with E-state index in [0.29, 0.717) is 0 Å². The monoisotopic (exact) mass is 383 g/mol. The van der Waals surface area contributed by atoms with E-state index in [4.69, 9.17) is 21.1 Å². The average molecular weight is 384 g/mol. The van der Waals surface area contributed by atoms with Crippen molar-refractivity contribution >= 4 is 27.6 Å². The topological polar surface area (TPSA) is 82.1 Å². The van der Waals surface area contributed by atoms with Crippen molar-refractivity contribution in [1.29, 1.82) is 0 Å². The van der Waals surface area contributed by atoms with Crippen LogP contribution in [0.15, 0.2) is 23.1 Å². The maximum absolute atomic E-state index is 13.3. The zero-order chi connectivity index (χ0) is 18.3. The molecule has 0 aliphatic carbocycles. The summed E-state index contributed by atoms with van der Waals surface area (Å²) in [5.74, 6) is -1.30. The summed E-state index contributed by atoms with van der Waals surface area (Å²) in [5, 5.41) is -0.320. The Hall–Kier alpha value is -1.26. The number of esters is 1. The fourth-order valence-electron chi connectivity index (χ4n) is 1.83. The Morgan fingerprint density at radius 3 is 2.42 bits per heavy atom. The van der Waals surface area contributed by atoms with Gasteiger partial charge < -0.3 is 14.2 Å². The zero-order valence-corrected chi connectivity index (χ0v) is 15.1. The first-order chi connectivity index (χ1) is 11.3. The predicted octanol–water partition coefficient (Wildman–Crippen LogP) is 1.65. The van der Waals surface area contributed by atoms with Crippen LogP contribution in [-0.2, 0) is 29.0 Å². The maximum atomic E-state index is 13.3. The van der Waals surface area contributed by atoms with Crippen LogP contribution in [0.4, 0.5) is 4.39 Å². The third-order valence-corrected chi connectivity index (χ3v) is 5.35. The van der Waals surface area contributed by atoms with E-state index in [0.717, 1.165) is 22.5 Å². The van der Waals surface area contributed by atoms with E-state index >= 15 is 0 Å². The molecule has 136 valence electrons. The number of nitrogens with zero attached hydrogens (tertiary/aromatic N) is 1. The molecule has 0 fully saturated rings. The van der Waals surface area contributed by atoms with Gasteiger partial charge in [0.2, 0.25) is 10.0 Å². The first-order valence-electron chi connectivity index (χ1n) is 6.83. The predicted molar refractivity (Wildman–Crippen MR) is 84.6 cm³/mol. The number of hydrogen-bond donors (Lipinski definition) is 0. The van der Waals surface area contributed by atoms with E-state index in [-0.39, 0.29) is 29.4 Å². The molecule has 0 amide bonds. The van der Waals surface area contributed by atoms with Crippen molar-refractivity contribution in [3.63, 3.8) is 0 Å². The molecule has 0 N–H and O–H groups in total. The number of ether oxygens (including phenoxy) is 3. The second kappa shape index (κ2) is 9.28. The van der Waals surface area contributed by atoms with Gasteiger partial charge >= 0.3 is 5.97 Å². The van der Waals surface area contributed by atoms with E-state index < -0.39 is 28.1 Å². The first-order valence-corrected chi connectivity index (χ1v) is 8.65. The smallest absolute Gasteiger partial charge is 0.306 e. The van der Waals surface area contributed by atoms with Gasteiger partial charge in [0.15, 0.2) is 6.29 Å². The fourth-order valence-corrected chi connectivity index (χ4v) is 3.53. The Kier molecular flexibility index (Phi) is 8.04. The summed E-state index contributed by atoms with van der Waals surface area (Å²) in [6, 6.07) is 3.06. The number of carbonyl (C=O) groups excluding carboxylic acids is 1. The Bertz CT molecular complexity index is 665. The summed E-state index contributed by atoms with van der Waals surface area (Å²) in [4.78, 5) is 11.1. The van der Waals surface area contributed by atoms with Crippen LogP contribution < -0.4 is 0 Å². The molecule has 10 heteroatoms. The Labute approximate surface area is 145 Å². The largest absolute Gasteiger partial charge is 0.469 e. The number of hydrogen-bond acceptors (Lipinski definition) is 6. The van der Waals surface area contributed by atoms with Crippen molar-refractivity contribution in [1.82, 2.24) is 4.31 Å². The highest BCUT2D eigenvalue weighted by atomic mass is 35.5. The molecule has 1 aromatic carbocycles. The number of methoxy groups -OCH3 is 3. The van der Waals surface area contributed by atoms with Gasteiger partial charge in [-0.3, -0.25) is 4.79 Å². The normalized spacial score (nSPS) is 12.0. The molecule has 1 aromatic rings. The van der Waals surface area contributed by atoms with E-state index in [2.05, 4.69) is 4.74 Å². The third-order valence-electron chi connectivity index (χ3n) is 3.20. The van der Waals surface area contributed by atoms with Crippen LogP contribution in [-0.4, -0.2) is 59.4 Å². The van der Waals surface area contributed by atoms with Gasteiger partial charge in [0.1, 0.15) is 5.82 Å². The van der Waals surface area contributed by atoms with Crippen molar-refractivity contribution in [2.24, 2.45) is 0 Å². The highest BCUT2D eigenvalue weighted by Gasteiger charge is 2.28. The van der Waals surface area contributed by atoms with Crippen LogP contribution >= 0.6 is 11.6 Å². The molecule has 1 rings (SSSR count). The Morgan fingerprint density at radius 1 is 1.29 bits per heavy atom. The average Bonchev–Trinajstić information content (AvgIpc) is 2.56. The van der Waals surface area contributed by atoms with Crippen molar-refractivity contribution in [3.05, 3.63) is 29.0 Å². The van der Waals surface area contributed by atoms with E-state index in [1.165, 1.54) is 21.3 Å². The molecule has 0 heterocycles. The second-order valence-electron chi connectivity index (χ2n) is 4.67. The molecule has 0 unspecified atom stereocenters. The number of rotatable bonds is 9. The minimum Gasteiger partial charge on any atom is -0.469 e. The first kappa shape index (κ1) is 20.8. The van der Waals surface area contributed by atoms with Gasteiger partial charge in [0.05, 0.1) is 30.0 Å².